The van der Waals surface area contributed by atoms with E-state index in [1.54, 1.807) is 15.9 Å². The van der Waals surface area contributed by atoms with E-state index in [4.69, 9.17) is 4.42 Å². The van der Waals surface area contributed by atoms with E-state index in [9.17, 15) is 4.79 Å². The van der Waals surface area contributed by atoms with Crippen LogP contribution in [0.1, 0.15) is 11.5 Å². The van der Waals surface area contributed by atoms with Crippen molar-refractivity contribution in [1.29, 1.82) is 0 Å². The number of aryl methyl sites for hydroxylation is 1. The Bertz CT molecular complexity index is 720. The van der Waals surface area contributed by atoms with Gasteiger partial charge in [0.25, 0.3) is 5.56 Å². The summed E-state index contributed by atoms with van der Waals surface area (Å²) >= 11 is 1.58. The maximum absolute atomic E-state index is 12.1. The maximum atomic E-state index is 12.1. The second-order valence-electron chi connectivity index (χ2n) is 3.96. The third kappa shape index (κ3) is 1.80. The van der Waals surface area contributed by atoms with E-state index >= 15 is 0 Å². The minimum atomic E-state index is 0.0396. The molecule has 0 saturated heterocycles. The molecular weight excluding hydrogens is 234 g/mol. The van der Waals surface area contributed by atoms with Crippen LogP contribution in [0.15, 0.2) is 45.1 Å². The Balaban J connectivity index is 2.06. The van der Waals surface area contributed by atoms with Gasteiger partial charge >= 0.3 is 0 Å². The van der Waals surface area contributed by atoms with Gasteiger partial charge in [-0.15, -0.1) is 11.3 Å². The van der Waals surface area contributed by atoms with Gasteiger partial charge in [-0.2, -0.15) is 0 Å². The van der Waals surface area contributed by atoms with Crippen LogP contribution in [0.25, 0.3) is 10.1 Å². The van der Waals surface area contributed by atoms with Gasteiger partial charge in [0.05, 0.1) is 11.9 Å². The molecule has 0 saturated carbocycles. The van der Waals surface area contributed by atoms with Crippen LogP contribution in [0.4, 0.5) is 0 Å². The number of fused-ring (bicyclic) bond motifs is 1. The van der Waals surface area contributed by atoms with Crippen molar-refractivity contribution in [2.24, 2.45) is 0 Å². The second-order valence-corrected chi connectivity index (χ2v) is 4.91. The van der Waals surface area contributed by atoms with Gasteiger partial charge in [-0.05, 0) is 36.6 Å². The second kappa shape index (κ2) is 3.89. The van der Waals surface area contributed by atoms with E-state index in [-0.39, 0.29) is 5.56 Å². The number of hydrogen-bond donors (Lipinski definition) is 0. The molecule has 17 heavy (non-hydrogen) atoms. The van der Waals surface area contributed by atoms with Crippen LogP contribution >= 0.6 is 11.3 Å². The summed E-state index contributed by atoms with van der Waals surface area (Å²) in [7, 11) is 0. The molecule has 0 fully saturated rings. The predicted octanol–water partition coefficient (Wildman–Crippen LogP) is 3.01. The average Bonchev–Trinajstić information content (AvgIpc) is 2.92. The Labute approximate surface area is 102 Å². The Morgan fingerprint density at radius 1 is 1.29 bits per heavy atom. The van der Waals surface area contributed by atoms with Crippen LogP contribution in [0.3, 0.4) is 0 Å². The monoisotopic (exact) mass is 245 g/mol. The lowest BCUT2D eigenvalue weighted by molar-refractivity contribution is 0.467. The molecular formula is C13H11NO2S. The van der Waals surface area contributed by atoms with Gasteiger partial charge in [0.1, 0.15) is 11.5 Å². The Kier molecular flexibility index (Phi) is 2.37. The van der Waals surface area contributed by atoms with E-state index in [2.05, 4.69) is 0 Å². The zero-order chi connectivity index (χ0) is 11.8. The topological polar surface area (TPSA) is 35.1 Å². The van der Waals surface area contributed by atoms with Crippen molar-refractivity contribution in [2.45, 2.75) is 13.5 Å². The van der Waals surface area contributed by atoms with Crippen LogP contribution in [0, 0.1) is 6.92 Å². The van der Waals surface area contributed by atoms with Crippen molar-refractivity contribution in [3.05, 3.63) is 57.7 Å². The molecule has 0 aromatic carbocycles. The number of rotatable bonds is 2. The fraction of sp³-hybridized carbons (Fsp3) is 0.154. The zero-order valence-corrected chi connectivity index (χ0v) is 10.2. The largest absolute Gasteiger partial charge is 0.464 e. The van der Waals surface area contributed by atoms with E-state index in [0.29, 0.717) is 6.54 Å². The standard InChI is InChI=1S/C13H11NO2S/c1-9-2-3-10(16-9)8-14-6-4-12-11(13(14)15)5-7-17-12/h2-7H,8H2,1H3. The minimum absolute atomic E-state index is 0.0396. The number of aromatic nitrogens is 1. The predicted molar refractivity (Wildman–Crippen MR) is 68.6 cm³/mol. The van der Waals surface area contributed by atoms with E-state index in [1.807, 2.05) is 42.8 Å². The van der Waals surface area contributed by atoms with Crippen molar-refractivity contribution in [3.63, 3.8) is 0 Å². The summed E-state index contributed by atoms with van der Waals surface area (Å²) in [6, 6.07) is 7.65. The maximum Gasteiger partial charge on any atom is 0.259 e. The number of furan rings is 1. The SMILES string of the molecule is Cc1ccc(Cn2ccc3sccc3c2=O)o1. The summed E-state index contributed by atoms with van der Waals surface area (Å²) in [6.07, 6.45) is 1.82. The molecule has 0 bridgehead atoms. The summed E-state index contributed by atoms with van der Waals surface area (Å²) in [4.78, 5) is 12.1. The molecule has 0 radical (unpaired) electrons. The van der Waals surface area contributed by atoms with Crippen LogP contribution in [0.5, 0.6) is 0 Å². The molecule has 0 unspecified atom stereocenters. The lowest BCUT2D eigenvalue weighted by Gasteiger charge is -2.02. The van der Waals surface area contributed by atoms with Gasteiger partial charge in [-0.25, -0.2) is 0 Å². The lowest BCUT2D eigenvalue weighted by atomic mass is 10.3. The van der Waals surface area contributed by atoms with Gasteiger partial charge in [0, 0.05) is 10.9 Å². The molecule has 0 amide bonds. The Morgan fingerprint density at radius 3 is 2.94 bits per heavy atom. The molecule has 3 nitrogen and oxygen atoms in total. The van der Waals surface area contributed by atoms with Gasteiger partial charge in [-0.1, -0.05) is 0 Å². The van der Waals surface area contributed by atoms with Crippen molar-refractivity contribution in [1.82, 2.24) is 4.57 Å². The molecule has 86 valence electrons. The van der Waals surface area contributed by atoms with Crippen LogP contribution < -0.4 is 5.56 Å². The molecule has 0 aliphatic rings. The van der Waals surface area contributed by atoms with E-state index in [0.717, 1.165) is 21.6 Å². The molecule has 3 aromatic rings. The fourth-order valence-electron chi connectivity index (χ4n) is 1.87. The molecule has 0 atom stereocenters. The third-order valence-corrected chi connectivity index (χ3v) is 3.60. The van der Waals surface area contributed by atoms with E-state index < -0.39 is 0 Å². The smallest absolute Gasteiger partial charge is 0.259 e. The summed E-state index contributed by atoms with van der Waals surface area (Å²) in [6.45, 7) is 2.38. The summed E-state index contributed by atoms with van der Waals surface area (Å²) < 4.78 is 8.18. The minimum Gasteiger partial charge on any atom is -0.464 e. The van der Waals surface area contributed by atoms with Gasteiger partial charge < -0.3 is 8.98 Å². The zero-order valence-electron chi connectivity index (χ0n) is 9.34. The third-order valence-electron chi connectivity index (χ3n) is 2.71. The molecule has 0 aliphatic carbocycles. The number of pyridine rings is 1. The molecule has 3 rings (SSSR count). The van der Waals surface area contributed by atoms with Crippen molar-refractivity contribution in [3.8, 4) is 0 Å². The highest BCUT2D eigenvalue weighted by Crippen LogP contribution is 2.16. The first-order valence-corrected chi connectivity index (χ1v) is 6.24. The number of nitrogens with zero attached hydrogens (tertiary/aromatic N) is 1. The molecule has 0 spiro atoms. The highest BCUT2D eigenvalue weighted by atomic mass is 32.1. The first kappa shape index (κ1) is 10.4. The lowest BCUT2D eigenvalue weighted by Crippen LogP contribution is -2.19. The Hall–Kier alpha value is -1.81. The van der Waals surface area contributed by atoms with Crippen LogP contribution in [0.2, 0.25) is 0 Å². The first-order valence-electron chi connectivity index (χ1n) is 5.36. The quantitative estimate of drug-likeness (QED) is 0.695. The Morgan fingerprint density at radius 2 is 2.18 bits per heavy atom. The highest BCUT2D eigenvalue weighted by Gasteiger charge is 2.05. The first-order chi connectivity index (χ1) is 8.24. The molecule has 3 heterocycles. The molecule has 0 N–H and O–H groups in total. The van der Waals surface area contributed by atoms with Crippen molar-refractivity contribution >= 4 is 21.4 Å². The molecule has 4 heteroatoms. The average molecular weight is 245 g/mol. The number of hydrogen-bond acceptors (Lipinski definition) is 3. The fourth-order valence-corrected chi connectivity index (χ4v) is 2.64. The summed E-state index contributed by atoms with van der Waals surface area (Å²) in [5.41, 5.74) is 0.0396. The highest BCUT2D eigenvalue weighted by molar-refractivity contribution is 7.17. The van der Waals surface area contributed by atoms with Gasteiger partial charge in [-0.3, -0.25) is 4.79 Å². The summed E-state index contributed by atoms with van der Waals surface area (Å²) in [5, 5.41) is 2.72. The van der Waals surface area contributed by atoms with Gasteiger partial charge in [0.2, 0.25) is 0 Å². The number of thiophene rings is 1. The van der Waals surface area contributed by atoms with Gasteiger partial charge in [0.15, 0.2) is 0 Å². The van der Waals surface area contributed by atoms with Crippen molar-refractivity contribution in [2.75, 3.05) is 0 Å². The summed E-state index contributed by atoms with van der Waals surface area (Å²) in [5.74, 6) is 1.67. The van der Waals surface area contributed by atoms with Crippen LogP contribution in [-0.4, -0.2) is 4.57 Å². The molecule has 3 aromatic heterocycles. The van der Waals surface area contributed by atoms with Crippen molar-refractivity contribution < 1.29 is 4.42 Å². The normalized spacial score (nSPS) is 11.1. The van der Waals surface area contributed by atoms with Crippen LogP contribution in [-0.2, 0) is 6.54 Å². The molecule has 0 aliphatic heterocycles. The van der Waals surface area contributed by atoms with E-state index in [1.165, 1.54) is 0 Å².